The van der Waals surface area contributed by atoms with Gasteiger partial charge < -0.3 is 10.2 Å². The fourth-order valence-corrected chi connectivity index (χ4v) is 1.08. The minimum absolute atomic E-state index is 0.0359. The van der Waals surface area contributed by atoms with Crippen molar-refractivity contribution in [1.82, 2.24) is 0 Å². The highest BCUT2D eigenvalue weighted by Gasteiger charge is 2.07. The van der Waals surface area contributed by atoms with Crippen molar-refractivity contribution in [2.24, 2.45) is 0 Å². The van der Waals surface area contributed by atoms with Crippen molar-refractivity contribution < 1.29 is 10.2 Å². The zero-order chi connectivity index (χ0) is 9.61. The van der Waals surface area contributed by atoms with E-state index in [1.165, 1.54) is 19.3 Å². The van der Waals surface area contributed by atoms with Crippen molar-refractivity contribution in [2.45, 2.75) is 64.6 Å². The first kappa shape index (κ1) is 11.9. The second-order valence-corrected chi connectivity index (χ2v) is 4.46. The first-order valence-electron chi connectivity index (χ1n) is 4.80. The van der Waals surface area contributed by atoms with Crippen LogP contribution in [0.5, 0.6) is 0 Å². The predicted octanol–water partition coefficient (Wildman–Crippen LogP) is 2.09. The van der Waals surface area contributed by atoms with Crippen LogP contribution in [-0.2, 0) is 0 Å². The van der Waals surface area contributed by atoms with E-state index in [4.69, 9.17) is 10.2 Å². The lowest BCUT2D eigenvalue weighted by atomic mass is 9.98. The van der Waals surface area contributed by atoms with Crippen molar-refractivity contribution in [2.75, 3.05) is 0 Å². The quantitative estimate of drug-likeness (QED) is 0.590. The topological polar surface area (TPSA) is 40.5 Å². The van der Waals surface area contributed by atoms with Gasteiger partial charge >= 0.3 is 0 Å². The molecule has 74 valence electrons. The van der Waals surface area contributed by atoms with E-state index in [1.54, 1.807) is 20.8 Å². The molecule has 0 aromatic rings. The molecule has 2 N–H and O–H groups in total. The second-order valence-electron chi connectivity index (χ2n) is 4.46. The molecule has 0 radical (unpaired) electrons. The standard InChI is InChI=1S/C6H12O.C4H10O/c7-6-4-2-1-3-5-6;1-4(2,3)5/h6-7H,1-5H2;5H,1-3H3. The normalized spacial score (nSPS) is 19.8. The Hall–Kier alpha value is -0.0800. The largest absolute Gasteiger partial charge is 0.393 e. The minimum Gasteiger partial charge on any atom is -0.393 e. The summed E-state index contributed by atoms with van der Waals surface area (Å²) < 4.78 is 0. The fourth-order valence-electron chi connectivity index (χ4n) is 1.08. The van der Waals surface area contributed by atoms with E-state index in [9.17, 15) is 0 Å². The lowest BCUT2D eigenvalue weighted by molar-refractivity contribution is 0.102. The highest BCUT2D eigenvalue weighted by atomic mass is 16.3. The molecule has 0 heterocycles. The summed E-state index contributed by atoms with van der Waals surface area (Å²) in [6, 6.07) is 0. The Labute approximate surface area is 75.6 Å². The van der Waals surface area contributed by atoms with Crippen LogP contribution in [0.4, 0.5) is 0 Å². The molecule has 0 aliphatic heterocycles. The van der Waals surface area contributed by atoms with Crippen molar-refractivity contribution in [1.29, 1.82) is 0 Å². The van der Waals surface area contributed by atoms with Gasteiger partial charge in [0.25, 0.3) is 0 Å². The molecule has 2 nitrogen and oxygen atoms in total. The third-order valence-corrected chi connectivity index (χ3v) is 1.57. The number of hydrogen-bond donors (Lipinski definition) is 2. The van der Waals surface area contributed by atoms with E-state index in [1.807, 2.05) is 0 Å². The lowest BCUT2D eigenvalue weighted by Crippen LogP contribution is -2.10. The first-order chi connectivity index (χ1) is 5.39. The number of rotatable bonds is 0. The summed E-state index contributed by atoms with van der Waals surface area (Å²) in [5.74, 6) is 0. The molecular weight excluding hydrogens is 152 g/mol. The maximum absolute atomic E-state index is 8.91. The summed E-state index contributed by atoms with van der Waals surface area (Å²) in [7, 11) is 0. The van der Waals surface area contributed by atoms with Crippen LogP contribution in [-0.4, -0.2) is 21.9 Å². The average molecular weight is 174 g/mol. The maximum Gasteiger partial charge on any atom is 0.0563 e. The molecule has 0 aromatic carbocycles. The van der Waals surface area contributed by atoms with Crippen LogP contribution in [0.2, 0.25) is 0 Å². The second kappa shape index (κ2) is 5.55. The Balaban J connectivity index is 0.000000217. The lowest BCUT2D eigenvalue weighted by Gasteiger charge is -2.14. The van der Waals surface area contributed by atoms with Crippen LogP contribution in [0.15, 0.2) is 0 Å². The molecule has 0 aromatic heterocycles. The van der Waals surface area contributed by atoms with Crippen LogP contribution >= 0.6 is 0 Å². The van der Waals surface area contributed by atoms with E-state index in [0.717, 1.165) is 12.8 Å². The van der Waals surface area contributed by atoms with Crippen LogP contribution in [0, 0.1) is 0 Å². The van der Waals surface area contributed by atoms with E-state index in [0.29, 0.717) is 0 Å². The van der Waals surface area contributed by atoms with Crippen LogP contribution < -0.4 is 0 Å². The Morgan fingerprint density at radius 2 is 1.33 bits per heavy atom. The zero-order valence-electron chi connectivity index (χ0n) is 8.51. The van der Waals surface area contributed by atoms with Crippen LogP contribution in [0.3, 0.4) is 0 Å². The maximum atomic E-state index is 8.91. The van der Waals surface area contributed by atoms with Crippen LogP contribution in [0.25, 0.3) is 0 Å². The summed E-state index contributed by atoms with van der Waals surface area (Å²) in [5, 5.41) is 17.4. The third-order valence-electron chi connectivity index (χ3n) is 1.57. The van der Waals surface area contributed by atoms with Gasteiger partial charge in [0.15, 0.2) is 0 Å². The summed E-state index contributed by atoms with van der Waals surface area (Å²) in [4.78, 5) is 0. The number of aliphatic hydroxyl groups excluding tert-OH is 1. The summed E-state index contributed by atoms with van der Waals surface area (Å²) in [6.45, 7) is 5.23. The summed E-state index contributed by atoms with van der Waals surface area (Å²) in [6.07, 6.45) is 5.92. The Kier molecular flexibility index (Phi) is 5.51. The van der Waals surface area contributed by atoms with Crippen molar-refractivity contribution in [3.8, 4) is 0 Å². The Morgan fingerprint density at radius 3 is 1.50 bits per heavy atom. The monoisotopic (exact) mass is 174 g/mol. The van der Waals surface area contributed by atoms with Gasteiger partial charge in [-0.1, -0.05) is 19.3 Å². The average Bonchev–Trinajstić information content (AvgIpc) is 1.85. The molecule has 1 rings (SSSR count). The first-order valence-corrected chi connectivity index (χ1v) is 4.80. The van der Waals surface area contributed by atoms with Gasteiger partial charge in [-0.25, -0.2) is 0 Å². The number of aliphatic hydroxyl groups is 2. The van der Waals surface area contributed by atoms with Gasteiger partial charge in [-0.05, 0) is 33.6 Å². The minimum atomic E-state index is -0.500. The molecule has 0 atom stereocenters. The molecule has 1 saturated carbocycles. The van der Waals surface area contributed by atoms with E-state index in [-0.39, 0.29) is 6.10 Å². The molecule has 1 aliphatic rings. The SMILES string of the molecule is CC(C)(C)O.OC1CCCCC1. The molecule has 0 saturated heterocycles. The fraction of sp³-hybridized carbons (Fsp3) is 1.00. The van der Waals surface area contributed by atoms with Gasteiger partial charge in [0.1, 0.15) is 0 Å². The smallest absolute Gasteiger partial charge is 0.0563 e. The third kappa shape index (κ3) is 12.6. The number of hydrogen-bond acceptors (Lipinski definition) is 2. The van der Waals surface area contributed by atoms with Crippen molar-refractivity contribution in [3.05, 3.63) is 0 Å². The molecule has 12 heavy (non-hydrogen) atoms. The molecule has 0 unspecified atom stereocenters. The molecule has 0 spiro atoms. The predicted molar refractivity (Wildman–Crippen MR) is 51.1 cm³/mol. The van der Waals surface area contributed by atoms with Gasteiger partial charge in [0, 0.05) is 0 Å². The van der Waals surface area contributed by atoms with Gasteiger partial charge in [0.05, 0.1) is 11.7 Å². The summed E-state index contributed by atoms with van der Waals surface area (Å²) in [5.41, 5.74) is -0.500. The van der Waals surface area contributed by atoms with E-state index >= 15 is 0 Å². The van der Waals surface area contributed by atoms with Gasteiger partial charge in [-0.2, -0.15) is 0 Å². The Morgan fingerprint density at radius 1 is 1.00 bits per heavy atom. The molecule has 1 aliphatic carbocycles. The molecular formula is C10H22O2. The molecule has 0 bridgehead atoms. The highest BCUT2D eigenvalue weighted by Crippen LogP contribution is 2.16. The van der Waals surface area contributed by atoms with Gasteiger partial charge in [-0.3, -0.25) is 0 Å². The molecule has 1 fully saturated rings. The molecule has 0 amide bonds. The van der Waals surface area contributed by atoms with Crippen molar-refractivity contribution in [3.63, 3.8) is 0 Å². The van der Waals surface area contributed by atoms with Gasteiger partial charge in [0.2, 0.25) is 0 Å². The van der Waals surface area contributed by atoms with E-state index < -0.39 is 5.60 Å². The van der Waals surface area contributed by atoms with E-state index in [2.05, 4.69) is 0 Å². The van der Waals surface area contributed by atoms with Crippen molar-refractivity contribution >= 4 is 0 Å². The highest BCUT2D eigenvalue weighted by molar-refractivity contribution is 4.61. The Bertz CT molecular complexity index is 92.9. The summed E-state index contributed by atoms with van der Waals surface area (Å²) >= 11 is 0. The van der Waals surface area contributed by atoms with Gasteiger partial charge in [-0.15, -0.1) is 0 Å². The van der Waals surface area contributed by atoms with Crippen LogP contribution in [0.1, 0.15) is 52.9 Å². The zero-order valence-corrected chi connectivity index (χ0v) is 8.51. The molecule has 2 heteroatoms.